The van der Waals surface area contributed by atoms with Crippen LogP contribution in [0.5, 0.6) is 0 Å². The Morgan fingerprint density at radius 2 is 2.17 bits per heavy atom. The fraction of sp³-hybridized carbons (Fsp3) is 1.00. The lowest BCUT2D eigenvalue weighted by Crippen LogP contribution is -2.50. The lowest BCUT2D eigenvalue weighted by molar-refractivity contribution is -0.243. The van der Waals surface area contributed by atoms with E-state index in [9.17, 15) is 5.11 Å². The van der Waals surface area contributed by atoms with Gasteiger partial charge in [-0.3, -0.25) is 0 Å². The van der Waals surface area contributed by atoms with Crippen molar-refractivity contribution < 1.29 is 24.8 Å². The summed E-state index contributed by atoms with van der Waals surface area (Å²) >= 11 is 0. The van der Waals surface area contributed by atoms with E-state index in [0.29, 0.717) is 0 Å². The zero-order valence-electron chi connectivity index (χ0n) is 6.88. The topological polar surface area (TPSA) is 79.2 Å². The van der Waals surface area contributed by atoms with Crippen LogP contribution in [0.15, 0.2) is 0 Å². The van der Waals surface area contributed by atoms with Crippen LogP contribution in [0, 0.1) is 0 Å². The van der Waals surface area contributed by atoms with Crippen LogP contribution in [0.25, 0.3) is 0 Å². The Balaban J connectivity index is 2.55. The summed E-state index contributed by atoms with van der Waals surface area (Å²) in [6.45, 7) is -0.321. The number of hydrogen-bond donors (Lipinski definition) is 3. The van der Waals surface area contributed by atoms with Crippen molar-refractivity contribution in [2.75, 3.05) is 13.7 Å². The molecule has 1 unspecified atom stereocenters. The van der Waals surface area contributed by atoms with E-state index in [-0.39, 0.29) is 13.0 Å². The molecule has 0 bridgehead atoms. The maximum absolute atomic E-state index is 9.43. The van der Waals surface area contributed by atoms with E-state index >= 15 is 0 Å². The normalized spacial score (nSPS) is 43.0. The standard InChI is InChI=1S/C7H14O5/c1-11-4-2-6(9)12-5(3-8)7(4)10/h4-10H,2-3H2,1H3/t4-,5-,6?,7-/m1/s1. The summed E-state index contributed by atoms with van der Waals surface area (Å²) in [7, 11) is 1.44. The van der Waals surface area contributed by atoms with Crippen LogP contribution in [0.4, 0.5) is 0 Å². The van der Waals surface area contributed by atoms with Crippen LogP contribution >= 0.6 is 0 Å². The summed E-state index contributed by atoms with van der Waals surface area (Å²) in [4.78, 5) is 0. The maximum atomic E-state index is 9.43. The predicted molar refractivity (Wildman–Crippen MR) is 39.4 cm³/mol. The van der Waals surface area contributed by atoms with Crippen LogP contribution in [-0.2, 0) is 9.47 Å². The lowest BCUT2D eigenvalue weighted by atomic mass is 10.0. The van der Waals surface area contributed by atoms with Gasteiger partial charge in [-0.2, -0.15) is 0 Å². The van der Waals surface area contributed by atoms with Gasteiger partial charge in [0, 0.05) is 13.5 Å². The van der Waals surface area contributed by atoms with Crippen molar-refractivity contribution in [2.24, 2.45) is 0 Å². The quantitative estimate of drug-likeness (QED) is 0.477. The smallest absolute Gasteiger partial charge is 0.157 e. The Morgan fingerprint density at radius 1 is 1.50 bits per heavy atom. The van der Waals surface area contributed by atoms with Crippen molar-refractivity contribution in [3.8, 4) is 0 Å². The van der Waals surface area contributed by atoms with Gasteiger partial charge in [-0.05, 0) is 0 Å². The molecule has 1 heterocycles. The van der Waals surface area contributed by atoms with Gasteiger partial charge in [0.25, 0.3) is 0 Å². The summed E-state index contributed by atoms with van der Waals surface area (Å²) in [6.07, 6.45) is -2.82. The van der Waals surface area contributed by atoms with Gasteiger partial charge in [-0.15, -0.1) is 0 Å². The molecule has 4 atom stereocenters. The van der Waals surface area contributed by atoms with E-state index in [1.165, 1.54) is 7.11 Å². The van der Waals surface area contributed by atoms with E-state index in [0.717, 1.165) is 0 Å². The fourth-order valence-corrected chi connectivity index (χ4v) is 1.30. The first-order valence-electron chi connectivity index (χ1n) is 3.84. The molecule has 1 aliphatic rings. The van der Waals surface area contributed by atoms with Gasteiger partial charge in [0.1, 0.15) is 12.2 Å². The Bertz CT molecular complexity index is 126. The van der Waals surface area contributed by atoms with Gasteiger partial charge < -0.3 is 24.8 Å². The summed E-state index contributed by atoms with van der Waals surface area (Å²) in [5, 5.41) is 27.3. The first-order chi connectivity index (χ1) is 5.69. The molecule has 0 amide bonds. The molecule has 0 aromatic heterocycles. The third-order valence-electron chi connectivity index (χ3n) is 2.01. The number of methoxy groups -OCH3 is 1. The van der Waals surface area contributed by atoms with E-state index in [4.69, 9.17) is 19.7 Å². The van der Waals surface area contributed by atoms with Crippen LogP contribution in [0.2, 0.25) is 0 Å². The molecule has 0 aromatic carbocycles. The molecule has 1 rings (SSSR count). The number of ether oxygens (including phenoxy) is 2. The molecule has 1 fully saturated rings. The largest absolute Gasteiger partial charge is 0.394 e. The van der Waals surface area contributed by atoms with Gasteiger partial charge in [0.2, 0.25) is 0 Å². The highest BCUT2D eigenvalue weighted by molar-refractivity contribution is 4.82. The molecule has 0 spiro atoms. The Kier molecular flexibility index (Phi) is 3.42. The minimum Gasteiger partial charge on any atom is -0.394 e. The van der Waals surface area contributed by atoms with Crippen LogP contribution in [0.3, 0.4) is 0 Å². The second-order valence-corrected chi connectivity index (χ2v) is 2.81. The van der Waals surface area contributed by atoms with Gasteiger partial charge >= 0.3 is 0 Å². The molecule has 1 saturated heterocycles. The number of aliphatic hydroxyl groups excluding tert-OH is 3. The summed E-state index contributed by atoms with van der Waals surface area (Å²) in [6, 6.07) is 0. The van der Waals surface area contributed by atoms with Crippen LogP contribution in [-0.4, -0.2) is 53.6 Å². The van der Waals surface area contributed by atoms with Crippen LogP contribution in [0.1, 0.15) is 6.42 Å². The zero-order chi connectivity index (χ0) is 9.14. The third-order valence-corrected chi connectivity index (χ3v) is 2.01. The highest BCUT2D eigenvalue weighted by Crippen LogP contribution is 2.20. The molecule has 12 heavy (non-hydrogen) atoms. The molecule has 0 radical (unpaired) electrons. The molecule has 5 heteroatoms. The molecule has 5 nitrogen and oxygen atoms in total. The van der Waals surface area contributed by atoms with Crippen molar-refractivity contribution >= 4 is 0 Å². The predicted octanol–water partition coefficient (Wildman–Crippen LogP) is -1.54. The number of hydrogen-bond acceptors (Lipinski definition) is 5. The lowest BCUT2D eigenvalue weighted by Gasteiger charge is -2.35. The van der Waals surface area contributed by atoms with E-state index < -0.39 is 24.6 Å². The molecule has 0 saturated carbocycles. The van der Waals surface area contributed by atoms with E-state index in [1.54, 1.807) is 0 Å². The van der Waals surface area contributed by atoms with Gasteiger partial charge in [-0.1, -0.05) is 0 Å². The van der Waals surface area contributed by atoms with Crippen molar-refractivity contribution in [1.82, 2.24) is 0 Å². The SMILES string of the molecule is CO[C@@H]1CC(O)O[C@H](CO)[C@@H]1O. The molecule has 0 aromatic rings. The zero-order valence-corrected chi connectivity index (χ0v) is 6.88. The second-order valence-electron chi connectivity index (χ2n) is 2.81. The van der Waals surface area contributed by atoms with Gasteiger partial charge in [-0.25, -0.2) is 0 Å². The molecule has 3 N–H and O–H groups in total. The second kappa shape index (κ2) is 4.15. The highest BCUT2D eigenvalue weighted by atomic mass is 16.6. The van der Waals surface area contributed by atoms with Gasteiger partial charge in [0.05, 0.1) is 12.7 Å². The van der Waals surface area contributed by atoms with Crippen molar-refractivity contribution in [3.05, 3.63) is 0 Å². The fourth-order valence-electron chi connectivity index (χ4n) is 1.30. The Hall–Kier alpha value is -0.200. The highest BCUT2D eigenvalue weighted by Gasteiger charge is 2.36. The first kappa shape index (κ1) is 9.88. The molecule has 72 valence electrons. The van der Waals surface area contributed by atoms with Crippen molar-refractivity contribution in [2.45, 2.75) is 31.0 Å². The monoisotopic (exact) mass is 178 g/mol. The average Bonchev–Trinajstić information content (AvgIpc) is 2.08. The van der Waals surface area contributed by atoms with Crippen molar-refractivity contribution in [3.63, 3.8) is 0 Å². The minimum absolute atomic E-state index is 0.230. The number of aliphatic hydroxyl groups is 3. The Labute approximate surface area is 70.5 Å². The third kappa shape index (κ3) is 1.94. The van der Waals surface area contributed by atoms with Crippen molar-refractivity contribution in [1.29, 1.82) is 0 Å². The maximum Gasteiger partial charge on any atom is 0.157 e. The van der Waals surface area contributed by atoms with Gasteiger partial charge in [0.15, 0.2) is 6.29 Å². The van der Waals surface area contributed by atoms with Crippen LogP contribution < -0.4 is 0 Å². The molecular weight excluding hydrogens is 164 g/mol. The minimum atomic E-state index is -0.963. The Morgan fingerprint density at radius 3 is 2.67 bits per heavy atom. The molecular formula is C7H14O5. The summed E-state index contributed by atoms with van der Waals surface area (Å²) in [5.41, 5.74) is 0. The number of rotatable bonds is 2. The van der Waals surface area contributed by atoms with E-state index in [1.807, 2.05) is 0 Å². The molecule has 0 aliphatic carbocycles. The van der Waals surface area contributed by atoms with E-state index in [2.05, 4.69) is 0 Å². The molecule has 1 aliphatic heterocycles. The first-order valence-corrected chi connectivity index (χ1v) is 3.84. The average molecular weight is 178 g/mol. The summed E-state index contributed by atoms with van der Waals surface area (Å²) in [5.74, 6) is 0. The summed E-state index contributed by atoms with van der Waals surface area (Å²) < 4.78 is 9.76.